The molecule has 0 saturated heterocycles. The highest BCUT2D eigenvalue weighted by Crippen LogP contribution is 2.54. The first-order valence-electron chi connectivity index (χ1n) is 15.1. The minimum absolute atomic E-state index is 0.114. The summed E-state index contributed by atoms with van der Waals surface area (Å²) in [4.78, 5) is 30.5. The lowest BCUT2D eigenvalue weighted by atomic mass is 9.75. The number of esters is 1. The molecule has 0 aromatic heterocycles. The van der Waals surface area contributed by atoms with Crippen LogP contribution in [0.5, 0.6) is 0 Å². The fourth-order valence-corrected chi connectivity index (χ4v) is 6.99. The Labute approximate surface area is 268 Å². The third kappa shape index (κ3) is 5.67. The second kappa shape index (κ2) is 12.6. The van der Waals surface area contributed by atoms with Crippen molar-refractivity contribution in [3.63, 3.8) is 0 Å². The molecule has 1 N–H and O–H groups in total. The molecule has 1 unspecified atom stereocenters. The minimum Gasteiger partial charge on any atom is -0.463 e. The van der Waals surface area contributed by atoms with E-state index in [0.717, 1.165) is 22.3 Å². The zero-order valence-corrected chi connectivity index (χ0v) is 27.3. The van der Waals surface area contributed by atoms with Crippen LogP contribution >= 0.6 is 0 Å². The van der Waals surface area contributed by atoms with Gasteiger partial charge in [0, 0.05) is 17.6 Å². The molecular weight excluding hydrogens is 580 g/mol. The molecular formula is C38H40N2O4S. The number of aryl methyl sites for hydroxylation is 1. The standard InChI is InChI=1S/C38H40N2O4S/c1-7-44-34(41)28(3)26-37(39-45(43)36(4,5)6)32-25-27(2)23-24-33(32)40(35(37)42)38(29-17-11-8-12-18-29,30-19-13-9-14-20-30)31-21-15-10-16-22-31/h8-25,39H,3,7,26H2,1-2,4-6H3/t37-,45?/m0/s1. The number of carbonyl (C=O) groups excluding carboxylic acids is 2. The molecule has 0 bridgehead atoms. The Morgan fingerprint density at radius 3 is 1.80 bits per heavy atom. The predicted octanol–water partition coefficient (Wildman–Crippen LogP) is 7.09. The van der Waals surface area contributed by atoms with E-state index in [4.69, 9.17) is 4.74 Å². The van der Waals surface area contributed by atoms with Crippen LogP contribution in [0.1, 0.15) is 61.9 Å². The fourth-order valence-electron chi connectivity index (χ4n) is 6.10. The van der Waals surface area contributed by atoms with Crippen molar-refractivity contribution in [1.82, 2.24) is 4.72 Å². The number of amides is 1. The van der Waals surface area contributed by atoms with Gasteiger partial charge in [0.1, 0.15) is 11.1 Å². The van der Waals surface area contributed by atoms with Gasteiger partial charge in [0.05, 0.1) is 28.0 Å². The molecule has 7 heteroatoms. The van der Waals surface area contributed by atoms with Crippen LogP contribution < -0.4 is 9.62 Å². The topological polar surface area (TPSA) is 75.7 Å². The van der Waals surface area contributed by atoms with E-state index in [2.05, 4.69) is 11.3 Å². The molecule has 6 nitrogen and oxygen atoms in total. The predicted molar refractivity (Wildman–Crippen MR) is 181 cm³/mol. The fraction of sp³-hybridized carbons (Fsp3) is 0.263. The second-order valence-corrected chi connectivity index (χ2v) is 14.3. The second-order valence-electron chi connectivity index (χ2n) is 12.4. The Balaban J connectivity index is 1.89. The molecule has 0 spiro atoms. The Hall–Kier alpha value is -4.33. The highest BCUT2D eigenvalue weighted by Gasteiger charge is 2.60. The quantitative estimate of drug-likeness (QED) is 0.117. The van der Waals surface area contributed by atoms with Gasteiger partial charge in [-0.15, -0.1) is 0 Å². The van der Waals surface area contributed by atoms with E-state index in [9.17, 15) is 9.00 Å². The smallest absolute Gasteiger partial charge is 0.333 e. The van der Waals surface area contributed by atoms with Crippen LogP contribution in [-0.2, 0) is 36.4 Å². The number of nitrogens with one attached hydrogen (secondary N) is 1. The van der Waals surface area contributed by atoms with Gasteiger partial charge in [-0.05, 0) is 57.4 Å². The molecule has 0 aliphatic carbocycles. The number of ether oxygens (including phenoxy) is 1. The average molecular weight is 621 g/mol. The molecule has 4 aromatic rings. The zero-order valence-electron chi connectivity index (χ0n) is 26.5. The van der Waals surface area contributed by atoms with Crippen molar-refractivity contribution in [3.8, 4) is 0 Å². The minimum atomic E-state index is -1.70. The summed E-state index contributed by atoms with van der Waals surface area (Å²) in [6, 6.07) is 35.7. The number of rotatable bonds is 10. The van der Waals surface area contributed by atoms with Crippen LogP contribution in [0.25, 0.3) is 0 Å². The number of benzene rings is 4. The van der Waals surface area contributed by atoms with Gasteiger partial charge in [-0.25, -0.2) is 13.7 Å². The largest absolute Gasteiger partial charge is 0.463 e. The lowest BCUT2D eigenvalue weighted by molar-refractivity contribution is -0.138. The summed E-state index contributed by atoms with van der Waals surface area (Å²) in [6.45, 7) is 13.5. The summed E-state index contributed by atoms with van der Waals surface area (Å²) in [5.41, 5.74) is 2.21. The third-order valence-electron chi connectivity index (χ3n) is 8.20. The van der Waals surface area contributed by atoms with Crippen molar-refractivity contribution in [2.45, 2.75) is 56.9 Å². The molecule has 232 valence electrons. The van der Waals surface area contributed by atoms with Crippen LogP contribution in [0.2, 0.25) is 0 Å². The molecule has 1 aliphatic rings. The molecule has 45 heavy (non-hydrogen) atoms. The van der Waals surface area contributed by atoms with Gasteiger partial charge >= 0.3 is 5.97 Å². The first kappa shape index (κ1) is 32.1. The van der Waals surface area contributed by atoms with Crippen molar-refractivity contribution < 1.29 is 18.5 Å². The Morgan fingerprint density at radius 1 is 0.867 bits per heavy atom. The van der Waals surface area contributed by atoms with Crippen molar-refractivity contribution >= 4 is 28.5 Å². The molecule has 0 fully saturated rings. The molecule has 0 radical (unpaired) electrons. The van der Waals surface area contributed by atoms with E-state index >= 15 is 4.79 Å². The number of carbonyl (C=O) groups is 2. The van der Waals surface area contributed by atoms with Crippen molar-refractivity contribution in [3.05, 3.63) is 149 Å². The van der Waals surface area contributed by atoms with E-state index in [0.29, 0.717) is 11.3 Å². The summed E-state index contributed by atoms with van der Waals surface area (Å²) in [5.74, 6) is -0.941. The van der Waals surface area contributed by atoms with Crippen LogP contribution in [0.15, 0.2) is 121 Å². The van der Waals surface area contributed by atoms with E-state index in [1.165, 1.54) is 0 Å². The molecule has 1 heterocycles. The lowest BCUT2D eigenvalue weighted by Crippen LogP contribution is -2.59. The summed E-state index contributed by atoms with van der Waals surface area (Å²) in [5, 5.41) is 0. The SMILES string of the molecule is C=C(C[C@@]1(NS(=O)C(C)(C)C)C(=O)N(C(c2ccccc2)(c2ccccc2)c2ccccc2)c2ccc(C)cc21)C(=O)OCC. The van der Waals surface area contributed by atoms with E-state index in [-0.39, 0.29) is 24.5 Å². The van der Waals surface area contributed by atoms with Crippen molar-refractivity contribution in [1.29, 1.82) is 0 Å². The van der Waals surface area contributed by atoms with Gasteiger partial charge in [0.15, 0.2) is 0 Å². The maximum Gasteiger partial charge on any atom is 0.333 e. The van der Waals surface area contributed by atoms with Gasteiger partial charge in [-0.1, -0.05) is 115 Å². The third-order valence-corrected chi connectivity index (χ3v) is 9.84. The maximum absolute atomic E-state index is 15.7. The Bertz CT molecular complexity index is 1640. The highest BCUT2D eigenvalue weighted by molar-refractivity contribution is 7.84. The number of fused-ring (bicyclic) bond motifs is 1. The summed E-state index contributed by atoms with van der Waals surface area (Å²) in [6.07, 6.45) is -0.131. The molecule has 4 aromatic carbocycles. The molecule has 2 atom stereocenters. The van der Waals surface area contributed by atoms with Gasteiger partial charge < -0.3 is 4.74 Å². The highest BCUT2D eigenvalue weighted by atomic mass is 32.2. The lowest BCUT2D eigenvalue weighted by Gasteiger charge is -2.45. The number of anilines is 1. The normalized spacial score (nSPS) is 17.1. The summed E-state index contributed by atoms with van der Waals surface area (Å²) >= 11 is 0. The van der Waals surface area contributed by atoms with Gasteiger partial charge in [-0.2, -0.15) is 0 Å². The van der Waals surface area contributed by atoms with Crippen molar-refractivity contribution in [2.24, 2.45) is 0 Å². The molecule has 5 rings (SSSR count). The number of hydrogen-bond acceptors (Lipinski definition) is 4. The van der Waals surface area contributed by atoms with E-state index in [1.54, 1.807) is 6.92 Å². The van der Waals surface area contributed by atoms with Crippen LogP contribution in [0, 0.1) is 6.92 Å². The average Bonchev–Trinajstić information content (AvgIpc) is 3.25. The number of hydrogen-bond donors (Lipinski definition) is 1. The Kier molecular flexibility index (Phi) is 8.97. The van der Waals surface area contributed by atoms with Crippen molar-refractivity contribution in [2.75, 3.05) is 11.5 Å². The summed E-state index contributed by atoms with van der Waals surface area (Å²) in [7, 11) is -1.70. The first-order chi connectivity index (χ1) is 21.5. The number of nitrogens with zero attached hydrogens (tertiary/aromatic N) is 1. The monoisotopic (exact) mass is 620 g/mol. The van der Waals surface area contributed by atoms with Crippen LogP contribution in [-0.4, -0.2) is 27.4 Å². The molecule has 1 amide bonds. The first-order valence-corrected chi connectivity index (χ1v) is 16.3. The molecule has 1 aliphatic heterocycles. The van der Waals surface area contributed by atoms with E-state index < -0.39 is 32.8 Å². The Morgan fingerprint density at radius 2 is 1.36 bits per heavy atom. The van der Waals surface area contributed by atoms with Crippen LogP contribution in [0.4, 0.5) is 5.69 Å². The molecule has 0 saturated carbocycles. The summed E-state index contributed by atoms with van der Waals surface area (Å²) < 4.78 is 21.9. The zero-order chi connectivity index (χ0) is 32.4. The van der Waals surface area contributed by atoms with Gasteiger partial charge in [0.2, 0.25) is 0 Å². The van der Waals surface area contributed by atoms with E-state index in [1.807, 2.05) is 142 Å². The van der Waals surface area contributed by atoms with Gasteiger partial charge in [-0.3, -0.25) is 9.69 Å². The van der Waals surface area contributed by atoms with Gasteiger partial charge in [0.25, 0.3) is 5.91 Å². The van der Waals surface area contributed by atoms with Crippen LogP contribution in [0.3, 0.4) is 0 Å². The maximum atomic E-state index is 15.7.